The Morgan fingerprint density at radius 3 is 2.84 bits per heavy atom. The molecule has 1 aromatic rings. The zero-order valence-corrected chi connectivity index (χ0v) is 11.7. The fourth-order valence-corrected chi connectivity index (χ4v) is 3.97. The summed E-state index contributed by atoms with van der Waals surface area (Å²) in [6.45, 7) is 0. The average Bonchev–Trinajstić information content (AvgIpc) is 2.71. The van der Waals surface area contributed by atoms with Crippen molar-refractivity contribution in [2.24, 2.45) is 0 Å². The van der Waals surface area contributed by atoms with Crippen LogP contribution in [0.5, 0.6) is 0 Å². The Hall–Kier alpha value is -1.21. The summed E-state index contributed by atoms with van der Waals surface area (Å²) < 4.78 is 35.9. The van der Waals surface area contributed by atoms with Gasteiger partial charge in [0.25, 0.3) is 5.91 Å². The molecule has 1 aliphatic heterocycles. The topological polar surface area (TPSA) is 67.3 Å². The highest BCUT2D eigenvalue weighted by Gasteiger charge is 2.33. The number of rotatable bonds is 2. The number of hydrogen-bond donors (Lipinski definition) is 0. The molecule has 0 radical (unpaired) electrons. The predicted molar refractivity (Wildman–Crippen MR) is 68.4 cm³/mol. The monoisotopic (exact) mass is 306 g/mol. The van der Waals surface area contributed by atoms with E-state index in [2.05, 4.69) is 4.98 Å². The molecule has 0 bridgehead atoms. The van der Waals surface area contributed by atoms with Crippen molar-refractivity contribution < 1.29 is 17.6 Å². The molecule has 1 atom stereocenters. The summed E-state index contributed by atoms with van der Waals surface area (Å²) in [6.07, 6.45) is 1.30. The first-order chi connectivity index (χ1) is 8.80. The fraction of sp³-hybridized carbons (Fsp3) is 0.455. The van der Waals surface area contributed by atoms with Crippen LogP contribution in [0.3, 0.4) is 0 Å². The van der Waals surface area contributed by atoms with Gasteiger partial charge in [-0.3, -0.25) is 4.79 Å². The Labute approximate surface area is 115 Å². The van der Waals surface area contributed by atoms with Crippen LogP contribution >= 0.6 is 11.6 Å². The lowest BCUT2D eigenvalue weighted by Crippen LogP contribution is -2.38. The number of aromatic nitrogens is 1. The van der Waals surface area contributed by atoms with E-state index in [1.54, 1.807) is 0 Å². The molecule has 0 aromatic carbocycles. The second kappa shape index (κ2) is 5.05. The van der Waals surface area contributed by atoms with Gasteiger partial charge >= 0.3 is 0 Å². The summed E-state index contributed by atoms with van der Waals surface area (Å²) in [6, 6.07) is 0.592. The van der Waals surface area contributed by atoms with Crippen molar-refractivity contribution in [3.05, 3.63) is 28.8 Å². The van der Waals surface area contributed by atoms with E-state index in [4.69, 9.17) is 11.6 Å². The van der Waals surface area contributed by atoms with Crippen molar-refractivity contribution in [2.45, 2.75) is 12.5 Å². The Morgan fingerprint density at radius 1 is 1.58 bits per heavy atom. The first-order valence-electron chi connectivity index (χ1n) is 5.59. The van der Waals surface area contributed by atoms with Crippen molar-refractivity contribution in [3.8, 4) is 0 Å². The number of sulfone groups is 1. The maximum Gasteiger partial charge on any atom is 0.257 e. The van der Waals surface area contributed by atoms with Gasteiger partial charge in [-0.2, -0.15) is 0 Å². The largest absolute Gasteiger partial charge is 0.338 e. The van der Waals surface area contributed by atoms with Crippen LogP contribution in [0.25, 0.3) is 0 Å². The quantitative estimate of drug-likeness (QED) is 0.768. The lowest BCUT2D eigenvalue weighted by atomic mass is 10.2. The summed E-state index contributed by atoms with van der Waals surface area (Å²) in [7, 11) is -1.61. The van der Waals surface area contributed by atoms with Gasteiger partial charge in [0.15, 0.2) is 9.84 Å². The van der Waals surface area contributed by atoms with Gasteiger partial charge in [-0.15, -0.1) is 0 Å². The Bertz CT molecular complexity index is 620. The second-order valence-corrected chi connectivity index (χ2v) is 7.05. The smallest absolute Gasteiger partial charge is 0.257 e. The van der Waals surface area contributed by atoms with Gasteiger partial charge in [-0.05, 0) is 12.5 Å². The molecule has 1 fully saturated rings. The summed E-state index contributed by atoms with van der Waals surface area (Å²) in [5, 5.41) is -0.0981. The summed E-state index contributed by atoms with van der Waals surface area (Å²) >= 11 is 5.75. The molecule has 104 valence electrons. The Kier molecular flexibility index (Phi) is 3.78. The molecule has 8 heteroatoms. The van der Waals surface area contributed by atoms with Crippen LogP contribution in [0.1, 0.15) is 16.8 Å². The van der Waals surface area contributed by atoms with E-state index in [-0.39, 0.29) is 22.2 Å². The third-order valence-electron chi connectivity index (χ3n) is 3.11. The van der Waals surface area contributed by atoms with Crippen LogP contribution in [0.15, 0.2) is 12.3 Å². The minimum atomic E-state index is -3.09. The highest BCUT2D eigenvalue weighted by molar-refractivity contribution is 7.91. The number of carbonyl (C=O) groups is 1. The molecular formula is C11H12ClFN2O3S. The van der Waals surface area contributed by atoms with Gasteiger partial charge in [-0.1, -0.05) is 11.6 Å². The number of carbonyl (C=O) groups excluding carboxylic acids is 1. The molecule has 19 heavy (non-hydrogen) atoms. The van der Waals surface area contributed by atoms with E-state index in [1.807, 2.05) is 0 Å². The molecular weight excluding hydrogens is 295 g/mol. The molecule has 0 saturated carbocycles. The minimum Gasteiger partial charge on any atom is -0.338 e. The van der Waals surface area contributed by atoms with Crippen LogP contribution in [0.4, 0.5) is 4.39 Å². The maximum atomic E-state index is 13.1. The van der Waals surface area contributed by atoms with Crippen LogP contribution in [-0.4, -0.2) is 48.8 Å². The summed E-state index contributed by atoms with van der Waals surface area (Å²) in [5.74, 6) is -1.21. The third-order valence-corrected chi connectivity index (χ3v) is 5.16. The van der Waals surface area contributed by atoms with Gasteiger partial charge < -0.3 is 4.90 Å². The Balaban J connectivity index is 2.22. The number of pyridine rings is 1. The van der Waals surface area contributed by atoms with Crippen molar-refractivity contribution >= 4 is 27.3 Å². The van der Waals surface area contributed by atoms with Gasteiger partial charge in [0.1, 0.15) is 11.0 Å². The van der Waals surface area contributed by atoms with Gasteiger partial charge in [0.2, 0.25) is 0 Å². The van der Waals surface area contributed by atoms with Crippen LogP contribution in [0, 0.1) is 5.82 Å². The molecule has 0 spiro atoms. The van der Waals surface area contributed by atoms with Crippen molar-refractivity contribution in [3.63, 3.8) is 0 Å². The molecule has 1 aliphatic rings. The number of hydrogen-bond acceptors (Lipinski definition) is 4. The second-order valence-electron chi connectivity index (χ2n) is 4.46. The van der Waals surface area contributed by atoms with Gasteiger partial charge in [-0.25, -0.2) is 17.8 Å². The van der Waals surface area contributed by atoms with E-state index in [1.165, 1.54) is 11.9 Å². The molecule has 1 unspecified atom stereocenters. The fourth-order valence-electron chi connectivity index (χ4n) is 2.01. The SMILES string of the molecule is CN(C(=O)c1cc(F)cnc1Cl)C1CCS(=O)(=O)C1. The van der Waals surface area contributed by atoms with E-state index >= 15 is 0 Å². The van der Waals surface area contributed by atoms with E-state index in [0.29, 0.717) is 6.42 Å². The average molecular weight is 307 g/mol. The first kappa shape index (κ1) is 14.2. The molecule has 2 heterocycles. The molecule has 1 amide bonds. The van der Waals surface area contributed by atoms with Crippen LogP contribution < -0.4 is 0 Å². The highest BCUT2D eigenvalue weighted by Crippen LogP contribution is 2.21. The zero-order valence-electron chi connectivity index (χ0n) is 10.1. The standard InChI is InChI=1S/C11H12ClFN2O3S/c1-15(8-2-3-19(17,18)6-8)11(16)9-4-7(13)5-14-10(9)12/h4-5,8H,2-3,6H2,1H3. The van der Waals surface area contributed by atoms with Crippen molar-refractivity contribution in [2.75, 3.05) is 18.6 Å². The summed E-state index contributed by atoms with van der Waals surface area (Å²) in [4.78, 5) is 17.0. The number of halogens is 2. The minimum absolute atomic E-state index is 0.0599. The number of amides is 1. The molecule has 1 saturated heterocycles. The van der Waals surface area contributed by atoms with E-state index < -0.39 is 27.6 Å². The zero-order chi connectivity index (χ0) is 14.2. The lowest BCUT2D eigenvalue weighted by Gasteiger charge is -2.23. The molecule has 0 N–H and O–H groups in total. The number of nitrogens with zero attached hydrogens (tertiary/aromatic N) is 2. The normalized spacial score (nSPS) is 21.3. The van der Waals surface area contributed by atoms with Gasteiger partial charge in [0, 0.05) is 13.1 Å². The molecule has 0 aliphatic carbocycles. The molecule has 2 rings (SSSR count). The first-order valence-corrected chi connectivity index (χ1v) is 7.79. The third kappa shape index (κ3) is 3.03. The highest BCUT2D eigenvalue weighted by atomic mass is 35.5. The molecule has 5 nitrogen and oxygen atoms in total. The van der Waals surface area contributed by atoms with Crippen molar-refractivity contribution in [1.82, 2.24) is 9.88 Å². The lowest BCUT2D eigenvalue weighted by molar-refractivity contribution is 0.0747. The Morgan fingerprint density at radius 2 is 2.26 bits per heavy atom. The van der Waals surface area contributed by atoms with Crippen molar-refractivity contribution in [1.29, 1.82) is 0 Å². The van der Waals surface area contributed by atoms with Gasteiger partial charge in [0.05, 0.1) is 23.3 Å². The van der Waals surface area contributed by atoms with E-state index in [0.717, 1.165) is 12.3 Å². The van der Waals surface area contributed by atoms with E-state index in [9.17, 15) is 17.6 Å². The maximum absolute atomic E-state index is 13.1. The predicted octanol–water partition coefficient (Wildman–Crippen LogP) is 1.13. The summed E-state index contributed by atoms with van der Waals surface area (Å²) in [5.41, 5.74) is -0.0616. The van der Waals surface area contributed by atoms with Crippen LogP contribution in [0.2, 0.25) is 5.15 Å². The molecule has 1 aromatic heterocycles. The van der Waals surface area contributed by atoms with Crippen LogP contribution in [-0.2, 0) is 9.84 Å².